The molecule has 0 unspecified atom stereocenters. The van der Waals surface area contributed by atoms with Crippen LogP contribution in [0, 0.1) is 17.2 Å². The standard InChI is InChI=1S/C6H10N2.C2HF3O2/c7-4-5-1-2-6(8)3-5;3-2(4,5)1(6)7/h5-6H,1-3,8H2;(H,6,7)/t5-,6+;/m0./s1. The molecule has 86 valence electrons. The molecule has 0 heterocycles. The third kappa shape index (κ3) is 5.91. The molecule has 0 spiro atoms. The van der Waals surface area contributed by atoms with E-state index >= 15 is 0 Å². The zero-order chi connectivity index (χ0) is 12.1. The summed E-state index contributed by atoms with van der Waals surface area (Å²) in [6, 6.07) is 2.81. The minimum absolute atomic E-state index is 0.317. The molecule has 0 radical (unpaired) electrons. The van der Waals surface area contributed by atoms with E-state index in [1.807, 2.05) is 0 Å². The van der Waals surface area contributed by atoms with E-state index in [1.165, 1.54) is 0 Å². The van der Waals surface area contributed by atoms with E-state index in [4.69, 9.17) is 15.2 Å². The summed E-state index contributed by atoms with van der Waals surface area (Å²) in [6.07, 6.45) is -1.95. The van der Waals surface area contributed by atoms with Gasteiger partial charge < -0.3 is 15.6 Å². The minimum atomic E-state index is -5.19. The van der Waals surface area contributed by atoms with Crippen LogP contribution < -0.4 is 10.8 Å². The summed E-state index contributed by atoms with van der Waals surface area (Å²) in [5.41, 5.74) is 3.88. The van der Waals surface area contributed by atoms with Crippen molar-refractivity contribution in [2.24, 2.45) is 5.92 Å². The lowest BCUT2D eigenvalue weighted by atomic mass is 10.1. The molecule has 0 aromatic carbocycles. The van der Waals surface area contributed by atoms with Crippen LogP contribution in [0.3, 0.4) is 0 Å². The molecule has 1 fully saturated rings. The summed E-state index contributed by atoms with van der Waals surface area (Å²) < 4.78 is 31.5. The number of alkyl halides is 3. The second kappa shape index (κ2) is 5.56. The van der Waals surface area contributed by atoms with Crippen LogP contribution in [0.5, 0.6) is 0 Å². The van der Waals surface area contributed by atoms with Crippen molar-refractivity contribution < 1.29 is 28.8 Å². The number of aliphatic carboxylic acids is 1. The highest BCUT2D eigenvalue weighted by Crippen LogP contribution is 2.21. The Morgan fingerprint density at radius 3 is 2.07 bits per heavy atom. The van der Waals surface area contributed by atoms with Crippen molar-refractivity contribution in [3.63, 3.8) is 0 Å². The molecule has 15 heavy (non-hydrogen) atoms. The zero-order valence-corrected chi connectivity index (χ0v) is 7.88. The number of hydrogen-bond acceptors (Lipinski definition) is 3. The number of quaternary nitrogens is 1. The van der Waals surface area contributed by atoms with E-state index in [2.05, 4.69) is 11.8 Å². The van der Waals surface area contributed by atoms with Gasteiger partial charge in [0.15, 0.2) is 0 Å². The Balaban J connectivity index is 0.000000265. The van der Waals surface area contributed by atoms with Gasteiger partial charge in [-0.1, -0.05) is 0 Å². The predicted octanol–water partition coefficient (Wildman–Crippen LogP) is -0.781. The Hall–Kier alpha value is -1.29. The Morgan fingerprint density at radius 2 is 1.93 bits per heavy atom. The van der Waals surface area contributed by atoms with Crippen LogP contribution in [0.4, 0.5) is 13.2 Å². The quantitative estimate of drug-likeness (QED) is 0.585. The fourth-order valence-electron chi connectivity index (χ4n) is 1.19. The van der Waals surface area contributed by atoms with E-state index in [0.29, 0.717) is 12.0 Å². The molecule has 0 aromatic rings. The minimum Gasteiger partial charge on any atom is -0.542 e. The fraction of sp³-hybridized carbons (Fsp3) is 0.750. The molecule has 0 amide bonds. The van der Waals surface area contributed by atoms with Gasteiger partial charge in [0.1, 0.15) is 5.97 Å². The van der Waals surface area contributed by atoms with E-state index in [-0.39, 0.29) is 0 Å². The van der Waals surface area contributed by atoms with Crippen LogP contribution in [0.25, 0.3) is 0 Å². The Labute approximate surface area is 84.5 Å². The van der Waals surface area contributed by atoms with Crippen molar-refractivity contribution in [1.29, 1.82) is 5.26 Å². The van der Waals surface area contributed by atoms with Crippen molar-refractivity contribution in [1.82, 2.24) is 0 Å². The van der Waals surface area contributed by atoms with Crippen LogP contribution in [0.1, 0.15) is 19.3 Å². The summed E-state index contributed by atoms with van der Waals surface area (Å²) >= 11 is 0. The van der Waals surface area contributed by atoms with Gasteiger partial charge in [-0.15, -0.1) is 0 Å². The summed E-state index contributed by atoms with van der Waals surface area (Å²) in [5, 5.41) is 17.2. The molecule has 7 heteroatoms. The maximum Gasteiger partial charge on any atom is 0.430 e. The fourth-order valence-corrected chi connectivity index (χ4v) is 1.19. The molecule has 1 saturated carbocycles. The van der Waals surface area contributed by atoms with Gasteiger partial charge in [-0.05, 0) is 6.42 Å². The Kier molecular flexibility index (Phi) is 5.08. The predicted molar refractivity (Wildman–Crippen MR) is 40.7 cm³/mol. The molecule has 1 rings (SSSR count). The van der Waals surface area contributed by atoms with Crippen molar-refractivity contribution in [3.05, 3.63) is 0 Å². The molecule has 3 N–H and O–H groups in total. The van der Waals surface area contributed by atoms with Crippen LogP contribution >= 0.6 is 0 Å². The normalized spacial score (nSPS) is 25.0. The lowest BCUT2D eigenvalue weighted by molar-refractivity contribution is -0.417. The van der Waals surface area contributed by atoms with Gasteiger partial charge in [-0.2, -0.15) is 18.4 Å². The lowest BCUT2D eigenvalue weighted by Crippen LogP contribution is -2.59. The highest BCUT2D eigenvalue weighted by Gasteiger charge is 2.28. The first kappa shape index (κ1) is 13.7. The van der Waals surface area contributed by atoms with Crippen molar-refractivity contribution in [3.8, 4) is 6.07 Å². The molecule has 4 nitrogen and oxygen atoms in total. The van der Waals surface area contributed by atoms with E-state index in [1.54, 1.807) is 0 Å². The highest BCUT2D eigenvalue weighted by molar-refractivity contribution is 5.70. The Bertz CT molecular complexity index is 260. The molecular formula is C8H11F3N2O2. The monoisotopic (exact) mass is 224 g/mol. The van der Waals surface area contributed by atoms with E-state index < -0.39 is 12.1 Å². The summed E-state index contributed by atoms with van der Waals surface area (Å²) in [7, 11) is 0. The van der Waals surface area contributed by atoms with Crippen molar-refractivity contribution >= 4 is 5.97 Å². The number of carboxylic acid groups (broad SMARTS) is 1. The number of halogens is 3. The summed E-state index contributed by atoms with van der Waals surface area (Å²) in [4.78, 5) is 8.78. The van der Waals surface area contributed by atoms with E-state index in [9.17, 15) is 13.2 Å². The van der Waals surface area contributed by atoms with Crippen LogP contribution in [0.15, 0.2) is 0 Å². The molecule has 0 bridgehead atoms. The van der Waals surface area contributed by atoms with Gasteiger partial charge in [0.05, 0.1) is 18.0 Å². The maximum absolute atomic E-state index is 10.5. The largest absolute Gasteiger partial charge is 0.542 e. The van der Waals surface area contributed by atoms with Crippen molar-refractivity contribution in [2.75, 3.05) is 0 Å². The van der Waals surface area contributed by atoms with Crippen molar-refractivity contribution in [2.45, 2.75) is 31.5 Å². The molecule has 0 aliphatic heterocycles. The van der Waals surface area contributed by atoms with Gasteiger partial charge in [0.2, 0.25) is 0 Å². The number of rotatable bonds is 0. The molecule has 1 aliphatic carbocycles. The number of carbonyl (C=O) groups is 1. The zero-order valence-electron chi connectivity index (χ0n) is 7.88. The second-order valence-electron chi connectivity index (χ2n) is 3.29. The highest BCUT2D eigenvalue weighted by atomic mass is 19.4. The van der Waals surface area contributed by atoms with Gasteiger partial charge >= 0.3 is 6.18 Å². The van der Waals surface area contributed by atoms with E-state index in [0.717, 1.165) is 19.3 Å². The lowest BCUT2D eigenvalue weighted by Gasteiger charge is -2.03. The van der Waals surface area contributed by atoms with Crippen LogP contribution in [0.2, 0.25) is 0 Å². The van der Waals surface area contributed by atoms with Gasteiger partial charge in [-0.25, -0.2) is 0 Å². The van der Waals surface area contributed by atoms with Crippen LogP contribution in [-0.2, 0) is 4.79 Å². The smallest absolute Gasteiger partial charge is 0.430 e. The molecule has 2 atom stereocenters. The number of carbonyl (C=O) groups excluding carboxylic acids is 1. The average molecular weight is 224 g/mol. The summed E-state index contributed by atoms with van der Waals surface area (Å²) in [6.45, 7) is 0. The third-order valence-corrected chi connectivity index (χ3v) is 1.96. The number of carboxylic acids is 1. The third-order valence-electron chi connectivity index (χ3n) is 1.96. The molecule has 0 saturated heterocycles. The van der Waals surface area contributed by atoms with Gasteiger partial charge in [0.25, 0.3) is 0 Å². The second-order valence-corrected chi connectivity index (χ2v) is 3.29. The molecular weight excluding hydrogens is 213 g/mol. The van der Waals surface area contributed by atoms with Gasteiger partial charge in [-0.3, -0.25) is 0 Å². The number of nitriles is 1. The first-order chi connectivity index (χ1) is 6.77. The topological polar surface area (TPSA) is 91.6 Å². The van der Waals surface area contributed by atoms with Crippen LogP contribution in [-0.4, -0.2) is 18.2 Å². The SMILES string of the molecule is N#C[C@H]1CC[C@@H]([NH3+])C1.O=C([O-])C(F)(F)F. The molecule has 0 aromatic heterocycles. The number of nitrogens with zero attached hydrogens (tertiary/aromatic N) is 1. The molecule has 1 aliphatic rings. The average Bonchev–Trinajstić information content (AvgIpc) is 2.50. The maximum atomic E-state index is 10.5. The Morgan fingerprint density at radius 1 is 1.47 bits per heavy atom. The first-order valence-corrected chi connectivity index (χ1v) is 4.28. The summed E-state index contributed by atoms with van der Waals surface area (Å²) in [5.74, 6) is -2.69. The van der Waals surface area contributed by atoms with Gasteiger partial charge in [0, 0.05) is 12.8 Å². The number of hydrogen-bond donors (Lipinski definition) is 1. The first-order valence-electron chi connectivity index (χ1n) is 4.28.